The average molecular weight is 471 g/mol. The van der Waals surface area contributed by atoms with Crippen molar-refractivity contribution in [2.45, 2.75) is 56.8 Å². The maximum Gasteiger partial charge on any atom is 0.528 e. The molecule has 0 N–H and O–H groups in total. The van der Waals surface area contributed by atoms with E-state index in [2.05, 4.69) is 10.2 Å². The fourth-order valence-electron chi connectivity index (χ4n) is 3.07. The monoisotopic (exact) mass is 470 g/mol. The Balaban J connectivity index is 1.50. The second-order valence-corrected chi connectivity index (χ2v) is 10.5. The number of hydrogen-bond acceptors (Lipinski definition) is 9. The summed E-state index contributed by atoms with van der Waals surface area (Å²) in [6, 6.07) is 3.51. The molecule has 1 aromatic carbocycles. The average Bonchev–Trinajstić information content (AvgIpc) is 3.14. The number of carbonyl (C=O) groups is 1. The van der Waals surface area contributed by atoms with Crippen LogP contribution in [0.1, 0.15) is 45.3 Å². The van der Waals surface area contributed by atoms with Crippen molar-refractivity contribution in [3.05, 3.63) is 35.9 Å². The predicted molar refractivity (Wildman–Crippen MR) is 111 cm³/mol. The molecule has 1 aromatic heterocycles. The molecule has 0 radical (unpaired) electrons. The van der Waals surface area contributed by atoms with Crippen LogP contribution in [0.2, 0.25) is 0 Å². The molecular weight excluding hydrogens is 443 g/mol. The van der Waals surface area contributed by atoms with Crippen LogP contribution < -0.4 is 4.74 Å². The van der Waals surface area contributed by atoms with Crippen LogP contribution in [0.5, 0.6) is 5.75 Å². The van der Waals surface area contributed by atoms with E-state index in [1.165, 1.54) is 18.3 Å². The molecule has 0 aliphatic carbocycles. The molecule has 0 saturated carbocycles. The summed E-state index contributed by atoms with van der Waals surface area (Å²) in [6.07, 6.45) is 3.14. The summed E-state index contributed by atoms with van der Waals surface area (Å²) in [5.41, 5.74) is -0.116. The molecule has 0 unspecified atom stereocenters. The molecule has 2 heterocycles. The number of benzene rings is 1. The Hall–Kier alpha value is -2.73. The number of ether oxygens (including phenoxy) is 2. The van der Waals surface area contributed by atoms with Gasteiger partial charge in [0, 0.05) is 19.3 Å². The van der Waals surface area contributed by atoms with Crippen molar-refractivity contribution in [1.29, 1.82) is 0 Å². The zero-order valence-electron chi connectivity index (χ0n) is 18.4. The normalized spacial score (nSPS) is 16.0. The van der Waals surface area contributed by atoms with E-state index >= 15 is 0 Å². The minimum absolute atomic E-state index is 0.0181. The molecule has 1 fully saturated rings. The minimum atomic E-state index is -3.50. The van der Waals surface area contributed by atoms with E-state index in [1.54, 1.807) is 30.6 Å². The quantitative estimate of drug-likeness (QED) is 0.588. The van der Waals surface area contributed by atoms with E-state index in [0.717, 1.165) is 12.3 Å². The molecule has 3 rings (SSSR count). The van der Waals surface area contributed by atoms with Crippen LogP contribution in [0, 0.1) is 5.82 Å². The first-order valence-electron chi connectivity index (χ1n) is 10.1. The Bertz CT molecular complexity index is 1060. The number of piperidine rings is 1. The Morgan fingerprint density at radius 1 is 1.25 bits per heavy atom. The van der Waals surface area contributed by atoms with E-state index in [-0.39, 0.29) is 23.3 Å². The number of hydrogen-bond donors (Lipinski definition) is 0. The highest BCUT2D eigenvalue weighted by Gasteiger charge is 2.26. The Labute approximate surface area is 186 Å². The number of hydroxylamine groups is 2. The van der Waals surface area contributed by atoms with Crippen molar-refractivity contribution >= 4 is 16.0 Å². The lowest BCUT2D eigenvalue weighted by molar-refractivity contribution is -0.155. The number of rotatable bonds is 6. The van der Waals surface area contributed by atoms with E-state index in [1.807, 2.05) is 0 Å². The molecule has 1 saturated heterocycles. The summed E-state index contributed by atoms with van der Waals surface area (Å²) in [5, 5.41) is 10.2. The van der Waals surface area contributed by atoms with Gasteiger partial charge in [-0.05, 0) is 51.8 Å². The van der Waals surface area contributed by atoms with Crippen LogP contribution in [0.3, 0.4) is 0 Å². The van der Waals surface area contributed by atoms with Crippen LogP contribution in [0.25, 0.3) is 0 Å². The molecule has 1 aliphatic rings. The van der Waals surface area contributed by atoms with Crippen molar-refractivity contribution in [2.24, 2.45) is 0 Å². The van der Waals surface area contributed by atoms with Gasteiger partial charge < -0.3 is 14.3 Å². The van der Waals surface area contributed by atoms with Crippen molar-refractivity contribution in [1.82, 2.24) is 20.1 Å². The van der Waals surface area contributed by atoms with Crippen molar-refractivity contribution in [2.75, 3.05) is 19.3 Å². The van der Waals surface area contributed by atoms with Gasteiger partial charge in [-0.15, -0.1) is 5.06 Å². The highest BCUT2D eigenvalue weighted by Crippen LogP contribution is 2.24. The predicted octanol–water partition coefficient (Wildman–Crippen LogP) is 2.90. The van der Waals surface area contributed by atoms with Gasteiger partial charge in [0.2, 0.25) is 0 Å². The molecule has 10 nitrogen and oxygen atoms in total. The second kappa shape index (κ2) is 9.41. The Morgan fingerprint density at radius 3 is 2.53 bits per heavy atom. The van der Waals surface area contributed by atoms with Gasteiger partial charge in [0.25, 0.3) is 0 Å². The van der Waals surface area contributed by atoms with E-state index in [4.69, 9.17) is 14.3 Å². The van der Waals surface area contributed by atoms with Crippen LogP contribution in [-0.2, 0) is 26.0 Å². The molecule has 2 aromatic rings. The molecule has 32 heavy (non-hydrogen) atoms. The first-order valence-corrected chi connectivity index (χ1v) is 12.0. The number of halogens is 1. The molecule has 176 valence electrons. The number of nitrogens with zero attached hydrogens (tertiary/aromatic N) is 4. The zero-order chi connectivity index (χ0) is 23.5. The topological polar surface area (TPSA) is 113 Å². The molecule has 1 aliphatic heterocycles. The number of aromatic nitrogens is 3. The summed E-state index contributed by atoms with van der Waals surface area (Å²) < 4.78 is 47.7. The third kappa shape index (κ3) is 6.63. The Morgan fingerprint density at radius 2 is 1.94 bits per heavy atom. The van der Waals surface area contributed by atoms with E-state index < -0.39 is 27.4 Å². The second-order valence-electron chi connectivity index (χ2n) is 8.53. The van der Waals surface area contributed by atoms with Gasteiger partial charge in [0.15, 0.2) is 21.4 Å². The number of sulfone groups is 1. The lowest BCUT2D eigenvalue weighted by Crippen LogP contribution is -2.38. The standard InChI is InChI=1S/C20H27FN4O6S/c1-20(2,3)30-19(26)31-24-9-7-15(8-10-24)25-22-12-14(23-25)13-29-18-6-5-16(11-17(18)21)32(4,27)28/h5-6,11-12,15H,7-10,13H2,1-4H3. The highest BCUT2D eigenvalue weighted by atomic mass is 32.2. The molecule has 12 heteroatoms. The first kappa shape index (κ1) is 23.9. The smallest absolute Gasteiger partial charge is 0.484 e. The highest BCUT2D eigenvalue weighted by molar-refractivity contribution is 7.90. The molecule has 0 spiro atoms. The lowest BCUT2D eigenvalue weighted by atomic mass is 10.1. The lowest BCUT2D eigenvalue weighted by Gasteiger charge is -2.30. The Kier molecular flexibility index (Phi) is 7.03. The summed E-state index contributed by atoms with van der Waals surface area (Å²) in [5.74, 6) is -0.836. The fourth-order valence-corrected chi connectivity index (χ4v) is 3.70. The summed E-state index contributed by atoms with van der Waals surface area (Å²) in [6.45, 7) is 6.30. The SMILES string of the molecule is CC(C)(C)OC(=O)ON1CCC(n2ncc(COc3ccc(S(C)(=O)=O)cc3F)n2)CC1. The third-order valence-electron chi connectivity index (χ3n) is 4.61. The van der Waals surface area contributed by atoms with Crippen LogP contribution in [0.15, 0.2) is 29.3 Å². The minimum Gasteiger partial charge on any atom is -0.484 e. The maximum atomic E-state index is 14.1. The molecule has 0 amide bonds. The van der Waals surface area contributed by atoms with Gasteiger partial charge in [-0.2, -0.15) is 15.0 Å². The van der Waals surface area contributed by atoms with Crippen molar-refractivity contribution < 1.29 is 31.9 Å². The van der Waals surface area contributed by atoms with E-state index in [9.17, 15) is 17.6 Å². The van der Waals surface area contributed by atoms with Crippen molar-refractivity contribution in [3.8, 4) is 5.75 Å². The molecule has 0 atom stereocenters. The number of carbonyl (C=O) groups excluding carboxylic acids is 1. The maximum absolute atomic E-state index is 14.1. The van der Waals surface area contributed by atoms with Gasteiger partial charge in [0.05, 0.1) is 17.1 Å². The zero-order valence-corrected chi connectivity index (χ0v) is 19.3. The van der Waals surface area contributed by atoms with Gasteiger partial charge in [0.1, 0.15) is 17.9 Å². The van der Waals surface area contributed by atoms with Gasteiger partial charge in [-0.3, -0.25) is 0 Å². The molecular formula is C20H27FN4O6S. The van der Waals surface area contributed by atoms with Crippen LogP contribution in [0.4, 0.5) is 9.18 Å². The van der Waals surface area contributed by atoms with Crippen molar-refractivity contribution in [3.63, 3.8) is 0 Å². The fraction of sp³-hybridized carbons (Fsp3) is 0.550. The van der Waals surface area contributed by atoms with Gasteiger partial charge >= 0.3 is 6.16 Å². The largest absolute Gasteiger partial charge is 0.528 e. The van der Waals surface area contributed by atoms with Crippen LogP contribution in [-0.4, -0.2) is 59.6 Å². The van der Waals surface area contributed by atoms with Crippen LogP contribution >= 0.6 is 0 Å². The molecule has 0 bridgehead atoms. The summed E-state index contributed by atoms with van der Waals surface area (Å²) in [7, 11) is -3.50. The summed E-state index contributed by atoms with van der Waals surface area (Å²) in [4.78, 5) is 18.5. The van der Waals surface area contributed by atoms with E-state index in [0.29, 0.717) is 31.6 Å². The summed E-state index contributed by atoms with van der Waals surface area (Å²) >= 11 is 0. The first-order chi connectivity index (χ1) is 14.9. The van der Waals surface area contributed by atoms with Gasteiger partial charge in [-0.1, -0.05) is 0 Å². The third-order valence-corrected chi connectivity index (χ3v) is 5.72. The van der Waals surface area contributed by atoms with Gasteiger partial charge in [-0.25, -0.2) is 17.6 Å².